The fourth-order valence-corrected chi connectivity index (χ4v) is 2.37. The van der Waals surface area contributed by atoms with Gasteiger partial charge in [-0.25, -0.2) is 8.42 Å². The van der Waals surface area contributed by atoms with Crippen LogP contribution in [0.2, 0.25) is 0 Å². The van der Waals surface area contributed by atoms with Gasteiger partial charge in [0.25, 0.3) is 0 Å². The van der Waals surface area contributed by atoms with Gasteiger partial charge in [-0.1, -0.05) is 40.0 Å². The van der Waals surface area contributed by atoms with Crippen LogP contribution in [0.4, 0.5) is 0 Å². The molecule has 0 spiro atoms. The van der Waals surface area contributed by atoms with Crippen molar-refractivity contribution in [3.63, 3.8) is 0 Å². The molecule has 0 aromatic heterocycles. The molecule has 0 fully saturated rings. The van der Waals surface area contributed by atoms with E-state index in [4.69, 9.17) is 0 Å². The topological polar surface area (TPSA) is 34.1 Å². The summed E-state index contributed by atoms with van der Waals surface area (Å²) in [6.45, 7) is 6.54. The lowest BCUT2D eigenvalue weighted by atomic mass is 9.88. The van der Waals surface area contributed by atoms with Gasteiger partial charge in [0.15, 0.2) is 0 Å². The van der Waals surface area contributed by atoms with Crippen LogP contribution in [-0.2, 0) is 9.84 Å². The van der Waals surface area contributed by atoms with Gasteiger partial charge in [-0.05, 0) is 18.3 Å². The fraction of sp³-hybridized carbons (Fsp3) is 1.00. The van der Waals surface area contributed by atoms with Gasteiger partial charge >= 0.3 is 0 Å². The highest BCUT2D eigenvalue weighted by atomic mass is 32.2. The first kappa shape index (κ1) is 13.9. The van der Waals surface area contributed by atoms with Crippen molar-refractivity contribution >= 4 is 9.84 Å². The Kier molecular flexibility index (Phi) is 6.41. The van der Waals surface area contributed by atoms with Gasteiger partial charge < -0.3 is 0 Å². The third-order valence-electron chi connectivity index (χ3n) is 2.73. The van der Waals surface area contributed by atoms with Gasteiger partial charge in [-0.3, -0.25) is 0 Å². The first-order valence-electron chi connectivity index (χ1n) is 5.54. The molecule has 0 aromatic carbocycles. The highest BCUT2D eigenvalue weighted by molar-refractivity contribution is 7.90. The van der Waals surface area contributed by atoms with E-state index in [-0.39, 0.29) is 0 Å². The smallest absolute Gasteiger partial charge is 0.147 e. The van der Waals surface area contributed by atoms with Crippen LogP contribution in [0.1, 0.15) is 46.5 Å². The highest BCUT2D eigenvalue weighted by Crippen LogP contribution is 2.22. The molecule has 14 heavy (non-hydrogen) atoms. The van der Waals surface area contributed by atoms with Crippen LogP contribution >= 0.6 is 0 Å². The molecular weight excluding hydrogens is 196 g/mol. The molecule has 0 saturated carbocycles. The van der Waals surface area contributed by atoms with Crippen molar-refractivity contribution < 1.29 is 8.42 Å². The molecule has 0 saturated heterocycles. The van der Waals surface area contributed by atoms with Crippen LogP contribution in [0, 0.1) is 11.8 Å². The van der Waals surface area contributed by atoms with E-state index < -0.39 is 9.84 Å². The van der Waals surface area contributed by atoms with Crippen LogP contribution in [0.5, 0.6) is 0 Å². The summed E-state index contributed by atoms with van der Waals surface area (Å²) in [5.74, 6) is 1.52. The summed E-state index contributed by atoms with van der Waals surface area (Å²) in [4.78, 5) is 0. The second kappa shape index (κ2) is 6.44. The largest absolute Gasteiger partial charge is 0.229 e. The molecule has 0 amide bonds. The average molecular weight is 220 g/mol. The van der Waals surface area contributed by atoms with Crippen LogP contribution in [0.25, 0.3) is 0 Å². The van der Waals surface area contributed by atoms with Crippen molar-refractivity contribution in [1.82, 2.24) is 0 Å². The monoisotopic (exact) mass is 220 g/mol. The Hall–Kier alpha value is -0.0500. The van der Waals surface area contributed by atoms with Crippen molar-refractivity contribution in [3.05, 3.63) is 0 Å². The molecule has 0 aromatic rings. The number of sulfone groups is 1. The Balaban J connectivity index is 3.97. The van der Waals surface area contributed by atoms with E-state index in [1.165, 1.54) is 25.5 Å². The van der Waals surface area contributed by atoms with Crippen molar-refractivity contribution in [2.24, 2.45) is 11.8 Å². The average Bonchev–Trinajstić information content (AvgIpc) is 2.01. The Morgan fingerprint density at radius 2 is 1.71 bits per heavy atom. The minimum Gasteiger partial charge on any atom is -0.229 e. The Labute approximate surface area is 89.0 Å². The predicted molar refractivity (Wildman–Crippen MR) is 62.2 cm³/mol. The molecule has 0 unspecified atom stereocenters. The summed E-state index contributed by atoms with van der Waals surface area (Å²) in [5.41, 5.74) is 0. The minimum atomic E-state index is -2.78. The molecule has 0 aliphatic heterocycles. The van der Waals surface area contributed by atoms with Gasteiger partial charge in [0.05, 0.1) is 5.75 Å². The molecule has 0 rings (SSSR count). The summed E-state index contributed by atoms with van der Waals surface area (Å²) in [6, 6.07) is 0. The number of hydrogen-bond donors (Lipinski definition) is 0. The van der Waals surface area contributed by atoms with Crippen molar-refractivity contribution in [2.45, 2.75) is 46.5 Å². The zero-order valence-electron chi connectivity index (χ0n) is 9.91. The minimum absolute atomic E-state index is 0.347. The summed E-state index contributed by atoms with van der Waals surface area (Å²) in [6.07, 6.45) is 5.74. The molecular formula is C11H24O2S. The summed E-state index contributed by atoms with van der Waals surface area (Å²) in [5, 5.41) is 0. The van der Waals surface area contributed by atoms with Gasteiger partial charge in [-0.15, -0.1) is 0 Å². The van der Waals surface area contributed by atoms with E-state index in [1.807, 2.05) is 0 Å². The first-order chi connectivity index (χ1) is 6.37. The van der Waals surface area contributed by atoms with Gasteiger partial charge in [-0.2, -0.15) is 0 Å². The molecule has 1 atom stereocenters. The summed E-state index contributed by atoms with van der Waals surface area (Å²) in [7, 11) is -2.78. The van der Waals surface area contributed by atoms with Crippen LogP contribution in [0.3, 0.4) is 0 Å². The summed E-state index contributed by atoms with van der Waals surface area (Å²) >= 11 is 0. The summed E-state index contributed by atoms with van der Waals surface area (Å²) < 4.78 is 22.1. The van der Waals surface area contributed by atoms with E-state index in [0.717, 1.165) is 6.42 Å². The fourth-order valence-electron chi connectivity index (χ4n) is 1.64. The van der Waals surface area contributed by atoms with Gasteiger partial charge in [0.1, 0.15) is 9.84 Å². The lowest BCUT2D eigenvalue weighted by Gasteiger charge is -2.19. The molecule has 3 heteroatoms. The third kappa shape index (κ3) is 7.36. The van der Waals surface area contributed by atoms with Crippen molar-refractivity contribution in [1.29, 1.82) is 0 Å². The lowest BCUT2D eigenvalue weighted by Crippen LogP contribution is -2.14. The number of unbranched alkanes of at least 4 members (excludes halogenated alkanes) is 1. The number of hydrogen-bond acceptors (Lipinski definition) is 2. The first-order valence-corrected chi connectivity index (χ1v) is 7.60. The van der Waals surface area contributed by atoms with Crippen molar-refractivity contribution in [2.75, 3.05) is 12.0 Å². The molecule has 0 bridgehead atoms. The van der Waals surface area contributed by atoms with Crippen LogP contribution in [-0.4, -0.2) is 20.4 Å². The highest BCUT2D eigenvalue weighted by Gasteiger charge is 2.15. The zero-order chi connectivity index (χ0) is 11.2. The second-order valence-corrected chi connectivity index (χ2v) is 6.82. The van der Waals surface area contributed by atoms with Crippen LogP contribution in [0.15, 0.2) is 0 Å². The predicted octanol–water partition coefficient (Wildman–Crippen LogP) is 2.88. The molecule has 0 N–H and O–H groups in total. The van der Waals surface area contributed by atoms with E-state index in [0.29, 0.717) is 17.6 Å². The maximum absolute atomic E-state index is 11.0. The Bertz CT molecular complexity index is 230. The molecule has 86 valence electrons. The van der Waals surface area contributed by atoms with E-state index >= 15 is 0 Å². The van der Waals surface area contributed by atoms with E-state index in [2.05, 4.69) is 20.8 Å². The third-order valence-corrected chi connectivity index (χ3v) is 3.71. The quantitative estimate of drug-likeness (QED) is 0.661. The normalized spacial score (nSPS) is 14.6. The molecule has 0 aliphatic rings. The SMILES string of the molecule is CCCC[C@@H](CCS(C)(=O)=O)C(C)C. The van der Waals surface area contributed by atoms with Gasteiger partial charge in [0.2, 0.25) is 0 Å². The molecule has 0 aliphatic carbocycles. The molecule has 2 nitrogen and oxygen atoms in total. The molecule has 0 heterocycles. The van der Waals surface area contributed by atoms with E-state index in [9.17, 15) is 8.42 Å². The Morgan fingerprint density at radius 3 is 2.07 bits per heavy atom. The molecule has 0 radical (unpaired) electrons. The maximum atomic E-state index is 11.0. The zero-order valence-corrected chi connectivity index (χ0v) is 10.7. The number of rotatable bonds is 7. The Morgan fingerprint density at radius 1 is 1.14 bits per heavy atom. The van der Waals surface area contributed by atoms with E-state index in [1.54, 1.807) is 0 Å². The van der Waals surface area contributed by atoms with Gasteiger partial charge in [0, 0.05) is 6.26 Å². The van der Waals surface area contributed by atoms with Crippen molar-refractivity contribution in [3.8, 4) is 0 Å². The maximum Gasteiger partial charge on any atom is 0.147 e. The standard InChI is InChI=1S/C11H24O2S/c1-5-6-7-11(10(2)3)8-9-14(4,12)13/h10-11H,5-9H2,1-4H3/t11-/m0/s1. The second-order valence-electron chi connectivity index (χ2n) is 4.56. The van der Waals surface area contributed by atoms with Crippen LogP contribution < -0.4 is 0 Å². The lowest BCUT2D eigenvalue weighted by molar-refractivity contribution is 0.340.